The molecule has 0 spiro atoms. The van der Waals surface area contributed by atoms with E-state index in [-0.39, 0.29) is 11.4 Å². The van der Waals surface area contributed by atoms with Crippen molar-refractivity contribution in [2.45, 2.75) is 19.6 Å². The van der Waals surface area contributed by atoms with Crippen LogP contribution in [0.4, 0.5) is 15.8 Å². The largest absolute Gasteiger partial charge is 0.419 e. The minimum atomic E-state index is -1.29. The summed E-state index contributed by atoms with van der Waals surface area (Å²) in [5.74, 6) is -1.25. The first-order chi connectivity index (χ1) is 11.9. The van der Waals surface area contributed by atoms with Crippen LogP contribution in [0.25, 0.3) is 0 Å². The minimum Gasteiger partial charge on any atom is -0.419 e. The molecule has 0 aliphatic carbocycles. The third kappa shape index (κ3) is 4.07. The van der Waals surface area contributed by atoms with E-state index in [9.17, 15) is 14.0 Å². The van der Waals surface area contributed by atoms with Gasteiger partial charge in [-0.25, -0.2) is 14.0 Å². The number of esters is 2. The topological polar surface area (TPSA) is 67.9 Å². The van der Waals surface area contributed by atoms with E-state index < -0.39 is 17.7 Å². The van der Waals surface area contributed by atoms with Gasteiger partial charge in [-0.2, -0.15) is 11.8 Å². The van der Waals surface area contributed by atoms with E-state index in [1.165, 1.54) is 26.1 Å². The average molecular weight is 366 g/mol. The van der Waals surface area contributed by atoms with E-state index in [4.69, 9.17) is 9.47 Å². The zero-order chi connectivity index (χ0) is 18.0. The fourth-order valence-corrected chi connectivity index (χ4v) is 3.49. The van der Waals surface area contributed by atoms with Crippen LogP contribution in [0.1, 0.15) is 13.8 Å². The summed E-state index contributed by atoms with van der Waals surface area (Å²) in [6.45, 7) is 4.57. The molecule has 8 heteroatoms. The third-order valence-corrected chi connectivity index (χ3v) is 4.74. The summed E-state index contributed by atoms with van der Waals surface area (Å²) in [5.41, 5.74) is 0.708. The first-order valence-corrected chi connectivity index (χ1v) is 9.07. The first-order valence-electron chi connectivity index (χ1n) is 7.91. The summed E-state index contributed by atoms with van der Waals surface area (Å²) in [4.78, 5) is 25.7. The molecular weight excluding hydrogens is 347 g/mol. The van der Waals surface area contributed by atoms with E-state index in [2.05, 4.69) is 5.32 Å². The summed E-state index contributed by atoms with van der Waals surface area (Å²) in [6.07, 6.45) is 1.17. The maximum Gasteiger partial charge on any atom is 0.350 e. The van der Waals surface area contributed by atoms with Crippen LogP contribution in [0.5, 0.6) is 0 Å². The number of cyclic esters (lactones) is 2. The third-order valence-electron chi connectivity index (χ3n) is 3.80. The summed E-state index contributed by atoms with van der Waals surface area (Å²) in [6, 6.07) is 4.71. The molecule has 1 aromatic rings. The van der Waals surface area contributed by atoms with Gasteiger partial charge in [0.25, 0.3) is 5.79 Å². The van der Waals surface area contributed by atoms with Crippen molar-refractivity contribution in [3.8, 4) is 0 Å². The molecule has 0 saturated carbocycles. The fraction of sp³-hybridized carbons (Fsp3) is 0.412. The molecule has 1 N–H and O–H groups in total. The van der Waals surface area contributed by atoms with Crippen LogP contribution in [-0.4, -0.2) is 42.3 Å². The Hall–Kier alpha value is -2.22. The van der Waals surface area contributed by atoms with Crippen molar-refractivity contribution in [3.05, 3.63) is 35.8 Å². The summed E-state index contributed by atoms with van der Waals surface area (Å²) in [7, 11) is 0. The second kappa shape index (κ2) is 6.95. The summed E-state index contributed by atoms with van der Waals surface area (Å²) >= 11 is 1.85. The van der Waals surface area contributed by atoms with Crippen molar-refractivity contribution in [2.75, 3.05) is 34.8 Å². The van der Waals surface area contributed by atoms with Crippen molar-refractivity contribution in [1.82, 2.24) is 0 Å². The molecule has 2 aliphatic rings. The van der Waals surface area contributed by atoms with Crippen LogP contribution in [-0.2, 0) is 19.1 Å². The molecule has 0 radical (unpaired) electrons. The molecule has 0 aromatic heterocycles. The van der Waals surface area contributed by atoms with Crippen LogP contribution in [0.2, 0.25) is 0 Å². The summed E-state index contributed by atoms with van der Waals surface area (Å²) < 4.78 is 24.4. The number of rotatable bonds is 3. The quantitative estimate of drug-likeness (QED) is 0.501. The number of thioether (sulfide) groups is 1. The molecular formula is C17H19FN2O4S. The smallest absolute Gasteiger partial charge is 0.350 e. The van der Waals surface area contributed by atoms with Gasteiger partial charge in [0.2, 0.25) is 0 Å². The molecule has 0 bridgehead atoms. The van der Waals surface area contributed by atoms with Gasteiger partial charge in [0.1, 0.15) is 5.82 Å². The van der Waals surface area contributed by atoms with Crippen LogP contribution >= 0.6 is 11.8 Å². The van der Waals surface area contributed by atoms with Crippen molar-refractivity contribution < 1.29 is 23.5 Å². The first kappa shape index (κ1) is 17.6. The van der Waals surface area contributed by atoms with E-state index in [0.29, 0.717) is 11.4 Å². The molecule has 0 unspecified atom stereocenters. The van der Waals surface area contributed by atoms with Crippen LogP contribution < -0.4 is 10.2 Å². The monoisotopic (exact) mass is 366 g/mol. The Morgan fingerprint density at radius 2 is 1.84 bits per heavy atom. The zero-order valence-electron chi connectivity index (χ0n) is 14.0. The Kier molecular flexibility index (Phi) is 4.89. The Bertz CT molecular complexity index is 707. The maximum absolute atomic E-state index is 14.4. The molecule has 134 valence electrons. The SMILES string of the molecule is CC1(C)OC(=O)C(=CNc2ccc(N3CCSCC3)c(F)c2)C(=O)O1. The Labute approximate surface area is 149 Å². The molecule has 0 atom stereocenters. The maximum atomic E-state index is 14.4. The number of nitrogens with one attached hydrogen (secondary N) is 1. The van der Waals surface area contributed by atoms with Gasteiger partial charge in [0.15, 0.2) is 5.57 Å². The molecule has 6 nitrogen and oxygen atoms in total. The normalized spacial score (nSPS) is 20.0. The fourth-order valence-electron chi connectivity index (χ4n) is 2.59. The summed E-state index contributed by atoms with van der Waals surface area (Å²) in [5, 5.41) is 2.75. The number of halogens is 1. The van der Waals surface area contributed by atoms with Gasteiger partial charge in [-0.05, 0) is 18.2 Å². The van der Waals surface area contributed by atoms with Crippen molar-refractivity contribution in [1.29, 1.82) is 0 Å². The molecule has 2 aliphatic heterocycles. The number of benzene rings is 1. The van der Waals surface area contributed by atoms with Gasteiger partial charge in [0.05, 0.1) is 5.69 Å². The number of anilines is 2. The van der Waals surface area contributed by atoms with Gasteiger partial charge in [-0.1, -0.05) is 0 Å². The van der Waals surface area contributed by atoms with E-state index >= 15 is 0 Å². The minimum absolute atomic E-state index is 0.267. The lowest BCUT2D eigenvalue weighted by Crippen LogP contribution is -2.42. The van der Waals surface area contributed by atoms with Gasteiger partial charge < -0.3 is 19.7 Å². The predicted molar refractivity (Wildman–Crippen MR) is 93.9 cm³/mol. The van der Waals surface area contributed by atoms with E-state index in [1.807, 2.05) is 16.7 Å². The molecule has 2 fully saturated rings. The number of nitrogens with zero attached hydrogens (tertiary/aromatic N) is 1. The van der Waals surface area contributed by atoms with Crippen LogP contribution in [0.3, 0.4) is 0 Å². The molecule has 2 saturated heterocycles. The van der Waals surface area contributed by atoms with Crippen LogP contribution in [0, 0.1) is 5.82 Å². The highest BCUT2D eigenvalue weighted by Crippen LogP contribution is 2.26. The number of carbonyl (C=O) groups excluding carboxylic acids is 2. The average Bonchev–Trinajstić information content (AvgIpc) is 2.54. The second-order valence-electron chi connectivity index (χ2n) is 6.15. The van der Waals surface area contributed by atoms with Gasteiger partial charge in [-0.3, -0.25) is 0 Å². The molecule has 2 heterocycles. The second-order valence-corrected chi connectivity index (χ2v) is 7.37. The molecule has 25 heavy (non-hydrogen) atoms. The van der Waals surface area contributed by atoms with Crippen molar-refractivity contribution in [3.63, 3.8) is 0 Å². The van der Waals surface area contributed by atoms with E-state index in [0.717, 1.165) is 24.6 Å². The number of carbonyl (C=O) groups is 2. The van der Waals surface area contributed by atoms with E-state index in [1.54, 1.807) is 12.1 Å². The zero-order valence-corrected chi connectivity index (χ0v) is 14.8. The van der Waals surface area contributed by atoms with Crippen molar-refractivity contribution in [2.24, 2.45) is 0 Å². The lowest BCUT2D eigenvalue weighted by Gasteiger charge is -2.29. The van der Waals surface area contributed by atoms with Crippen molar-refractivity contribution >= 4 is 35.1 Å². The molecule has 1 aromatic carbocycles. The number of hydrogen-bond donors (Lipinski definition) is 1. The van der Waals surface area contributed by atoms with Crippen LogP contribution in [0.15, 0.2) is 30.0 Å². The standard InChI is InChI=1S/C17H19FN2O4S/c1-17(2)23-15(21)12(16(22)24-17)10-19-11-3-4-14(13(18)9-11)20-5-7-25-8-6-20/h3-4,9-10,19H,5-8H2,1-2H3. The van der Waals surface area contributed by atoms with Gasteiger partial charge in [0, 0.05) is 50.3 Å². The number of hydrogen-bond acceptors (Lipinski definition) is 7. The Morgan fingerprint density at radius 1 is 1.20 bits per heavy atom. The highest BCUT2D eigenvalue weighted by atomic mass is 32.2. The number of ether oxygens (including phenoxy) is 2. The van der Waals surface area contributed by atoms with Gasteiger partial charge >= 0.3 is 11.9 Å². The predicted octanol–water partition coefficient (Wildman–Crippen LogP) is 2.51. The Morgan fingerprint density at radius 3 is 2.44 bits per heavy atom. The van der Waals surface area contributed by atoms with Gasteiger partial charge in [-0.15, -0.1) is 0 Å². The Balaban J connectivity index is 1.72. The molecule has 3 rings (SSSR count). The lowest BCUT2D eigenvalue weighted by atomic mass is 10.2. The highest BCUT2D eigenvalue weighted by Gasteiger charge is 2.38. The lowest BCUT2D eigenvalue weighted by molar-refractivity contribution is -0.222. The molecule has 0 amide bonds. The highest BCUT2D eigenvalue weighted by molar-refractivity contribution is 7.99.